The summed E-state index contributed by atoms with van der Waals surface area (Å²) in [6.07, 6.45) is 1.48. The van der Waals surface area contributed by atoms with Crippen LogP contribution in [0.25, 0.3) is 0 Å². The summed E-state index contributed by atoms with van der Waals surface area (Å²) < 4.78 is 15.6. The Morgan fingerprint density at radius 3 is 2.50 bits per heavy atom. The van der Waals surface area contributed by atoms with Crippen molar-refractivity contribution < 1.29 is 23.8 Å². The first-order valence-electron chi connectivity index (χ1n) is 10.6. The zero-order valence-electron chi connectivity index (χ0n) is 18.5. The zero-order chi connectivity index (χ0) is 22.9. The van der Waals surface area contributed by atoms with Crippen LogP contribution in [-0.2, 0) is 16.0 Å². The van der Waals surface area contributed by atoms with Gasteiger partial charge in [-0.25, -0.2) is 0 Å². The molecular formula is C24H28N2O5S. The molecule has 170 valence electrons. The predicted molar refractivity (Wildman–Crippen MR) is 120 cm³/mol. The smallest absolute Gasteiger partial charge is 0.409 e. The molecule has 2 aromatic carbocycles. The maximum Gasteiger partial charge on any atom is 0.409 e. The second-order valence-corrected chi connectivity index (χ2v) is 8.95. The minimum absolute atomic E-state index is 0.120. The van der Waals surface area contributed by atoms with Crippen molar-refractivity contribution in [2.75, 3.05) is 13.2 Å². The number of carbonyl (C=O) groups is 1. The molecule has 0 aliphatic rings. The molecule has 7 nitrogen and oxygen atoms in total. The Labute approximate surface area is 192 Å². The minimum atomic E-state index is -0.340. The summed E-state index contributed by atoms with van der Waals surface area (Å²) in [6.45, 7) is 6.65. The number of hydrogen-bond donors (Lipinski definition) is 0. The lowest BCUT2D eigenvalue weighted by Gasteiger charge is -2.13. The fraction of sp³-hybridized carbons (Fsp3) is 0.375. The van der Waals surface area contributed by atoms with Gasteiger partial charge in [-0.15, -0.1) is 0 Å². The maximum atomic E-state index is 12.4. The molecule has 3 aromatic rings. The van der Waals surface area contributed by atoms with Gasteiger partial charge in [0.05, 0.1) is 24.3 Å². The van der Waals surface area contributed by atoms with Crippen LogP contribution < -0.4 is 9.64 Å². The number of hydrogen-bond acceptors (Lipinski definition) is 7. The molecule has 0 saturated heterocycles. The molecule has 1 atom stereocenters. The van der Waals surface area contributed by atoms with Crippen molar-refractivity contribution in [3.05, 3.63) is 70.9 Å². The second kappa shape index (κ2) is 11.6. The molecule has 1 unspecified atom stereocenters. The summed E-state index contributed by atoms with van der Waals surface area (Å²) in [5.74, 6) is 0.0956. The summed E-state index contributed by atoms with van der Waals surface area (Å²) in [7, 11) is 0. The first kappa shape index (κ1) is 23.7. The minimum Gasteiger partial charge on any atom is -0.465 e. The molecule has 0 bridgehead atoms. The molecule has 0 radical (unpaired) electrons. The van der Waals surface area contributed by atoms with Crippen molar-refractivity contribution >= 4 is 17.7 Å². The van der Waals surface area contributed by atoms with Crippen molar-refractivity contribution in [3.8, 4) is 5.88 Å². The van der Waals surface area contributed by atoms with Crippen LogP contribution in [0.2, 0.25) is 0 Å². The Morgan fingerprint density at radius 2 is 1.81 bits per heavy atom. The van der Waals surface area contributed by atoms with Gasteiger partial charge in [-0.1, -0.05) is 56.3 Å². The summed E-state index contributed by atoms with van der Waals surface area (Å²) >= 11 is 1.21. The van der Waals surface area contributed by atoms with E-state index >= 15 is 0 Å². The van der Waals surface area contributed by atoms with Crippen molar-refractivity contribution in [2.45, 2.75) is 49.5 Å². The molecular weight excluding hydrogens is 428 g/mol. The number of ether oxygens (including phenoxy) is 2. The highest BCUT2D eigenvalue weighted by molar-refractivity contribution is 7.99. The Hall–Kier alpha value is -3.00. The third-order valence-corrected chi connectivity index (χ3v) is 5.78. The number of carbonyl (C=O) groups excluding carboxylic acids is 1. The van der Waals surface area contributed by atoms with Crippen LogP contribution in [0, 0.1) is 11.1 Å². The average Bonchev–Trinajstić information content (AvgIpc) is 3.13. The molecule has 0 N–H and O–H groups in total. The normalized spacial score (nSPS) is 12.0. The number of rotatable bonds is 11. The van der Waals surface area contributed by atoms with E-state index in [4.69, 9.17) is 9.47 Å². The Kier molecular flexibility index (Phi) is 8.56. The third kappa shape index (κ3) is 6.75. The van der Waals surface area contributed by atoms with E-state index in [1.54, 1.807) is 0 Å². The van der Waals surface area contributed by atoms with Crippen LogP contribution in [0.15, 0.2) is 69.1 Å². The van der Waals surface area contributed by atoms with Gasteiger partial charge in [0.25, 0.3) is 0 Å². The lowest BCUT2D eigenvalue weighted by molar-refractivity contribution is -0.831. The van der Waals surface area contributed by atoms with Gasteiger partial charge >= 0.3 is 16.9 Å². The largest absolute Gasteiger partial charge is 0.465 e. The molecule has 1 aromatic heterocycles. The molecule has 1 heterocycles. The summed E-state index contributed by atoms with van der Waals surface area (Å²) in [6, 6.07) is 17.5. The van der Waals surface area contributed by atoms with Gasteiger partial charge in [0.1, 0.15) is 0 Å². The highest BCUT2D eigenvalue weighted by Crippen LogP contribution is 2.30. The van der Waals surface area contributed by atoms with Gasteiger partial charge < -0.3 is 14.7 Å². The number of benzene rings is 2. The van der Waals surface area contributed by atoms with Crippen molar-refractivity contribution in [1.82, 2.24) is 5.16 Å². The van der Waals surface area contributed by atoms with Crippen LogP contribution in [0.1, 0.15) is 44.2 Å². The summed E-state index contributed by atoms with van der Waals surface area (Å²) in [4.78, 5) is 13.5. The van der Waals surface area contributed by atoms with E-state index < -0.39 is 0 Å². The second-order valence-electron chi connectivity index (χ2n) is 7.89. The lowest BCUT2D eigenvalue weighted by Crippen LogP contribution is -2.25. The van der Waals surface area contributed by atoms with E-state index in [0.29, 0.717) is 17.2 Å². The van der Waals surface area contributed by atoms with Gasteiger partial charge in [0, 0.05) is 11.3 Å². The lowest BCUT2D eigenvalue weighted by atomic mass is 9.97. The maximum absolute atomic E-state index is 12.4. The van der Waals surface area contributed by atoms with Gasteiger partial charge in [-0.05, 0) is 59.2 Å². The zero-order valence-corrected chi connectivity index (χ0v) is 19.3. The molecule has 0 saturated carbocycles. The number of aromatic nitrogens is 2. The molecule has 3 rings (SSSR count). The fourth-order valence-corrected chi connectivity index (χ4v) is 3.88. The van der Waals surface area contributed by atoms with Crippen LogP contribution in [0.4, 0.5) is 0 Å². The molecule has 0 spiro atoms. The van der Waals surface area contributed by atoms with E-state index in [1.165, 1.54) is 17.3 Å². The Balaban J connectivity index is 1.42. The van der Waals surface area contributed by atoms with Gasteiger partial charge in [0.2, 0.25) is 0 Å². The Bertz CT molecular complexity index is 989. The first-order chi connectivity index (χ1) is 15.4. The first-order valence-corrected chi connectivity index (χ1v) is 11.5. The molecule has 8 heteroatoms. The molecule has 0 aliphatic carbocycles. The van der Waals surface area contributed by atoms with E-state index in [9.17, 15) is 10.0 Å². The highest BCUT2D eigenvalue weighted by atomic mass is 32.2. The average molecular weight is 457 g/mol. The quantitative estimate of drug-likeness (QED) is 0.233. The monoisotopic (exact) mass is 456 g/mol. The number of nitrogens with zero attached hydrogens (tertiary/aromatic N) is 2. The molecule has 0 aliphatic heterocycles. The molecule has 32 heavy (non-hydrogen) atoms. The van der Waals surface area contributed by atoms with E-state index in [2.05, 4.69) is 35.8 Å². The number of esters is 1. The molecule has 0 amide bonds. The summed E-state index contributed by atoms with van der Waals surface area (Å²) in [5, 5.41) is 15.7. The van der Waals surface area contributed by atoms with Crippen LogP contribution in [0.3, 0.4) is 0 Å². The summed E-state index contributed by atoms with van der Waals surface area (Å²) in [5.41, 5.74) is 2.20. The Morgan fingerprint density at radius 1 is 1.09 bits per heavy atom. The topological polar surface area (TPSA) is 88.5 Å². The third-order valence-electron chi connectivity index (χ3n) is 4.75. The van der Waals surface area contributed by atoms with Crippen LogP contribution in [0.5, 0.6) is 5.88 Å². The van der Waals surface area contributed by atoms with Crippen LogP contribution in [-0.4, -0.2) is 24.3 Å². The van der Waals surface area contributed by atoms with E-state index in [-0.39, 0.29) is 36.0 Å². The van der Waals surface area contributed by atoms with Crippen molar-refractivity contribution in [3.63, 3.8) is 0 Å². The van der Waals surface area contributed by atoms with Gasteiger partial charge in [-0.3, -0.25) is 9.42 Å². The van der Waals surface area contributed by atoms with Crippen LogP contribution >= 0.6 is 11.8 Å². The van der Waals surface area contributed by atoms with Gasteiger partial charge in [-0.2, -0.15) is 0 Å². The highest BCUT2D eigenvalue weighted by Gasteiger charge is 2.22. The fourth-order valence-electron chi connectivity index (χ4n) is 3.07. The van der Waals surface area contributed by atoms with Crippen molar-refractivity contribution in [2.24, 2.45) is 5.92 Å². The van der Waals surface area contributed by atoms with Crippen molar-refractivity contribution in [1.29, 1.82) is 0 Å². The van der Waals surface area contributed by atoms with E-state index in [1.807, 2.05) is 49.4 Å². The molecule has 0 fully saturated rings. The predicted octanol–water partition coefficient (Wildman–Crippen LogP) is 4.77. The SMILES string of the molecule is CC(C)Cc1ccc(C(C)C(=O)OCCCOc2no[n+]([O-])c2Sc2ccccc2)cc1. The van der Waals surface area contributed by atoms with Gasteiger partial charge in [0.15, 0.2) is 0 Å². The standard InChI is InChI=1S/C24H28N2O5S/c1-17(2)16-19-10-12-20(13-11-19)18(3)24(27)30-15-7-14-29-22-23(26(28)31-25-22)32-21-8-5-4-6-9-21/h4-6,8-13,17-18H,7,14-16H2,1-3H3. The van der Waals surface area contributed by atoms with E-state index in [0.717, 1.165) is 16.9 Å².